The summed E-state index contributed by atoms with van der Waals surface area (Å²) in [5.41, 5.74) is 3.85. The number of benzene rings is 1. The summed E-state index contributed by atoms with van der Waals surface area (Å²) in [6.45, 7) is 3.30. The number of nitrogens with zero attached hydrogens (tertiary/aromatic N) is 2. The minimum absolute atomic E-state index is 0.322. The largest absolute Gasteiger partial charge is 0.506 e. The molecule has 3 rings (SSSR count). The van der Waals surface area contributed by atoms with Gasteiger partial charge in [-0.15, -0.1) is 0 Å². The third-order valence-electron chi connectivity index (χ3n) is 3.56. The molecule has 1 N–H and O–H groups in total. The zero-order valence-corrected chi connectivity index (χ0v) is 11.1. The van der Waals surface area contributed by atoms with Crippen molar-refractivity contribution in [2.45, 2.75) is 20.0 Å². The standard InChI is InChI=1S/C15H16N2O2/c1-10-15(18)14-9-17(8-11(14)7-16-10)12-4-3-5-13(6-12)19-2/h3-7,18H,8-9H2,1-2H3. The minimum Gasteiger partial charge on any atom is -0.506 e. The predicted molar refractivity (Wildman–Crippen MR) is 73.5 cm³/mol. The lowest BCUT2D eigenvalue weighted by Gasteiger charge is -2.18. The lowest BCUT2D eigenvalue weighted by atomic mass is 10.1. The maximum atomic E-state index is 10.1. The molecule has 0 fully saturated rings. The van der Waals surface area contributed by atoms with Gasteiger partial charge in [0.25, 0.3) is 0 Å². The van der Waals surface area contributed by atoms with Crippen LogP contribution in [0.3, 0.4) is 0 Å². The first-order chi connectivity index (χ1) is 9.19. The van der Waals surface area contributed by atoms with Crippen LogP contribution in [0.2, 0.25) is 0 Å². The summed E-state index contributed by atoms with van der Waals surface area (Å²) in [4.78, 5) is 6.41. The van der Waals surface area contributed by atoms with E-state index in [1.165, 1.54) is 0 Å². The Morgan fingerprint density at radius 3 is 2.95 bits per heavy atom. The van der Waals surface area contributed by atoms with Crippen molar-refractivity contribution >= 4 is 5.69 Å². The zero-order valence-electron chi connectivity index (χ0n) is 11.1. The Bertz CT molecular complexity index is 626. The van der Waals surface area contributed by atoms with E-state index in [4.69, 9.17) is 4.74 Å². The molecule has 1 aromatic heterocycles. The number of methoxy groups -OCH3 is 1. The maximum Gasteiger partial charge on any atom is 0.142 e. The number of hydrogen-bond donors (Lipinski definition) is 1. The highest BCUT2D eigenvalue weighted by molar-refractivity contribution is 5.57. The van der Waals surface area contributed by atoms with Crippen LogP contribution in [0, 0.1) is 6.92 Å². The van der Waals surface area contributed by atoms with Gasteiger partial charge in [0.1, 0.15) is 11.5 Å². The van der Waals surface area contributed by atoms with Crippen molar-refractivity contribution in [3.05, 3.63) is 47.3 Å². The van der Waals surface area contributed by atoms with Crippen LogP contribution in [0.4, 0.5) is 5.69 Å². The number of aromatic hydroxyl groups is 1. The lowest BCUT2D eigenvalue weighted by molar-refractivity contribution is 0.415. The molecule has 0 aliphatic carbocycles. The molecule has 0 bridgehead atoms. The molecule has 1 aliphatic rings. The topological polar surface area (TPSA) is 45.6 Å². The molecule has 1 aromatic carbocycles. The Hall–Kier alpha value is -2.23. The van der Waals surface area contributed by atoms with E-state index in [2.05, 4.69) is 9.88 Å². The molecule has 19 heavy (non-hydrogen) atoms. The molecule has 4 heteroatoms. The van der Waals surface area contributed by atoms with Crippen molar-refractivity contribution in [2.75, 3.05) is 12.0 Å². The van der Waals surface area contributed by atoms with Gasteiger partial charge in [0.2, 0.25) is 0 Å². The number of aryl methyl sites for hydroxylation is 1. The van der Waals surface area contributed by atoms with Gasteiger partial charge in [0.15, 0.2) is 0 Å². The van der Waals surface area contributed by atoms with Crippen LogP contribution >= 0.6 is 0 Å². The van der Waals surface area contributed by atoms with Crippen LogP contribution in [-0.4, -0.2) is 17.2 Å². The van der Waals surface area contributed by atoms with Crippen molar-refractivity contribution in [1.82, 2.24) is 4.98 Å². The van der Waals surface area contributed by atoms with E-state index in [9.17, 15) is 5.11 Å². The van der Waals surface area contributed by atoms with Gasteiger partial charge in [0, 0.05) is 36.6 Å². The van der Waals surface area contributed by atoms with Crippen molar-refractivity contribution in [3.8, 4) is 11.5 Å². The summed E-state index contributed by atoms with van der Waals surface area (Å²) in [5.74, 6) is 1.16. The Balaban J connectivity index is 1.93. The summed E-state index contributed by atoms with van der Waals surface area (Å²) in [6.07, 6.45) is 1.85. The van der Waals surface area contributed by atoms with Crippen LogP contribution in [0.25, 0.3) is 0 Å². The van der Waals surface area contributed by atoms with Gasteiger partial charge >= 0.3 is 0 Å². The van der Waals surface area contributed by atoms with Gasteiger partial charge in [-0.2, -0.15) is 0 Å². The summed E-state index contributed by atoms with van der Waals surface area (Å²) in [7, 11) is 1.66. The molecule has 0 unspecified atom stereocenters. The van der Waals surface area contributed by atoms with Crippen LogP contribution in [0.15, 0.2) is 30.5 Å². The molecule has 2 heterocycles. The molecule has 0 amide bonds. The Morgan fingerprint density at radius 1 is 1.32 bits per heavy atom. The minimum atomic E-state index is 0.322. The fourth-order valence-corrected chi connectivity index (χ4v) is 2.44. The average molecular weight is 256 g/mol. The predicted octanol–water partition coefficient (Wildman–Crippen LogP) is 2.62. The maximum absolute atomic E-state index is 10.1. The summed E-state index contributed by atoms with van der Waals surface area (Å²) >= 11 is 0. The highest BCUT2D eigenvalue weighted by Crippen LogP contribution is 2.35. The van der Waals surface area contributed by atoms with Crippen molar-refractivity contribution in [3.63, 3.8) is 0 Å². The van der Waals surface area contributed by atoms with Crippen LogP contribution in [0.1, 0.15) is 16.8 Å². The van der Waals surface area contributed by atoms with Gasteiger partial charge in [-0.1, -0.05) is 6.07 Å². The van der Waals surface area contributed by atoms with Crippen molar-refractivity contribution < 1.29 is 9.84 Å². The highest BCUT2D eigenvalue weighted by atomic mass is 16.5. The van der Waals surface area contributed by atoms with E-state index >= 15 is 0 Å². The number of aromatic nitrogens is 1. The fourth-order valence-electron chi connectivity index (χ4n) is 2.44. The van der Waals surface area contributed by atoms with Crippen LogP contribution < -0.4 is 9.64 Å². The molecule has 4 nitrogen and oxygen atoms in total. The molecule has 2 aromatic rings. The first-order valence-electron chi connectivity index (χ1n) is 6.24. The molecular formula is C15H16N2O2. The smallest absolute Gasteiger partial charge is 0.142 e. The molecule has 0 atom stereocenters. The zero-order chi connectivity index (χ0) is 13.4. The van der Waals surface area contributed by atoms with Gasteiger partial charge in [0.05, 0.1) is 12.8 Å². The fraction of sp³-hybridized carbons (Fsp3) is 0.267. The Kier molecular flexibility index (Phi) is 2.78. The molecular weight excluding hydrogens is 240 g/mol. The summed E-state index contributed by atoms with van der Waals surface area (Å²) in [5, 5.41) is 10.1. The van der Waals surface area contributed by atoms with E-state index in [1.54, 1.807) is 7.11 Å². The normalized spacial score (nSPS) is 13.5. The molecule has 0 radical (unpaired) electrons. The van der Waals surface area contributed by atoms with Gasteiger partial charge in [-0.05, 0) is 24.6 Å². The van der Waals surface area contributed by atoms with E-state index in [-0.39, 0.29) is 0 Å². The number of pyridine rings is 1. The number of ether oxygens (including phenoxy) is 1. The third-order valence-corrected chi connectivity index (χ3v) is 3.56. The SMILES string of the molecule is COc1cccc(N2Cc3cnc(C)c(O)c3C2)c1. The average Bonchev–Trinajstić information content (AvgIpc) is 2.88. The Labute approximate surface area is 112 Å². The number of hydrogen-bond acceptors (Lipinski definition) is 4. The van der Waals surface area contributed by atoms with Crippen molar-refractivity contribution in [1.29, 1.82) is 0 Å². The quantitative estimate of drug-likeness (QED) is 0.897. The number of rotatable bonds is 2. The summed E-state index contributed by atoms with van der Waals surface area (Å²) < 4.78 is 5.25. The first-order valence-corrected chi connectivity index (χ1v) is 6.24. The highest BCUT2D eigenvalue weighted by Gasteiger charge is 2.23. The van der Waals surface area contributed by atoms with E-state index in [1.807, 2.05) is 37.4 Å². The van der Waals surface area contributed by atoms with Gasteiger partial charge in [-0.25, -0.2) is 0 Å². The molecule has 98 valence electrons. The summed E-state index contributed by atoms with van der Waals surface area (Å²) in [6, 6.07) is 7.95. The number of anilines is 1. The van der Waals surface area contributed by atoms with E-state index in [0.29, 0.717) is 18.0 Å². The monoisotopic (exact) mass is 256 g/mol. The van der Waals surface area contributed by atoms with Gasteiger partial charge < -0.3 is 14.7 Å². The van der Waals surface area contributed by atoms with E-state index < -0.39 is 0 Å². The second kappa shape index (κ2) is 4.46. The molecule has 0 saturated carbocycles. The second-order valence-electron chi connectivity index (χ2n) is 4.75. The van der Waals surface area contributed by atoms with Crippen LogP contribution in [-0.2, 0) is 13.1 Å². The van der Waals surface area contributed by atoms with Crippen LogP contribution in [0.5, 0.6) is 11.5 Å². The first kappa shape index (κ1) is 11.8. The molecule has 1 aliphatic heterocycles. The molecule has 0 spiro atoms. The second-order valence-corrected chi connectivity index (χ2v) is 4.75. The van der Waals surface area contributed by atoms with Gasteiger partial charge in [-0.3, -0.25) is 4.98 Å². The van der Waals surface area contributed by atoms with Crippen molar-refractivity contribution in [2.24, 2.45) is 0 Å². The Morgan fingerprint density at radius 2 is 2.16 bits per heavy atom. The third kappa shape index (κ3) is 1.99. The lowest BCUT2D eigenvalue weighted by Crippen LogP contribution is -2.14. The van der Waals surface area contributed by atoms with E-state index in [0.717, 1.165) is 29.1 Å². The molecule has 0 saturated heterocycles. The number of fused-ring (bicyclic) bond motifs is 1.